The Morgan fingerprint density at radius 1 is 1.07 bits per heavy atom. The van der Waals surface area contributed by atoms with E-state index in [0.717, 1.165) is 5.56 Å². The summed E-state index contributed by atoms with van der Waals surface area (Å²) in [7, 11) is 0. The molecule has 2 rings (SSSR count). The minimum Gasteiger partial charge on any atom is -0.480 e. The van der Waals surface area contributed by atoms with Crippen LogP contribution in [0.4, 0.5) is 4.79 Å². The molecule has 0 radical (unpaired) electrons. The van der Waals surface area contributed by atoms with Gasteiger partial charge in [-0.25, -0.2) is 9.59 Å². The van der Waals surface area contributed by atoms with E-state index in [1.807, 2.05) is 30.3 Å². The largest absolute Gasteiger partial charge is 0.480 e. The summed E-state index contributed by atoms with van der Waals surface area (Å²) in [4.78, 5) is 37.8. The zero-order chi connectivity index (χ0) is 20.5. The lowest BCUT2D eigenvalue weighted by molar-refractivity contribution is -0.141. The lowest BCUT2D eigenvalue weighted by atomic mass is 10.0. The van der Waals surface area contributed by atoms with E-state index < -0.39 is 24.0 Å². The number of carbonyl (C=O) groups excluding carboxylic acids is 2. The number of carboxylic acids is 1. The van der Waals surface area contributed by atoms with Crippen molar-refractivity contribution < 1.29 is 24.2 Å². The number of nitrogens with one attached hydrogen (secondary N) is 1. The Hall–Kier alpha value is -3.68. The molecule has 0 saturated heterocycles. The molecule has 8 nitrogen and oxygen atoms in total. The van der Waals surface area contributed by atoms with E-state index in [1.165, 1.54) is 6.92 Å². The number of amidine groups is 1. The number of rotatable bonds is 7. The van der Waals surface area contributed by atoms with Crippen LogP contribution < -0.4 is 11.1 Å². The van der Waals surface area contributed by atoms with Gasteiger partial charge in [0, 0.05) is 18.9 Å². The molecule has 0 saturated carbocycles. The average molecular weight is 383 g/mol. The van der Waals surface area contributed by atoms with Crippen molar-refractivity contribution in [1.82, 2.24) is 5.32 Å². The van der Waals surface area contributed by atoms with Crippen LogP contribution in [0.2, 0.25) is 0 Å². The van der Waals surface area contributed by atoms with Gasteiger partial charge < -0.3 is 20.9 Å². The maximum absolute atomic E-state index is 11.8. The molecule has 0 aromatic heterocycles. The van der Waals surface area contributed by atoms with Crippen LogP contribution in [0.25, 0.3) is 0 Å². The summed E-state index contributed by atoms with van der Waals surface area (Å²) in [5.74, 6) is -1.56. The Labute approximate surface area is 162 Å². The minimum absolute atomic E-state index is 0.0127. The number of hydrogen-bond acceptors (Lipinski definition) is 4. The lowest BCUT2D eigenvalue weighted by Crippen LogP contribution is -2.41. The highest BCUT2D eigenvalue weighted by atomic mass is 16.5. The van der Waals surface area contributed by atoms with Crippen LogP contribution in [0.3, 0.4) is 0 Å². The molecule has 0 fully saturated rings. The highest BCUT2D eigenvalue weighted by Crippen LogP contribution is 2.08. The molecule has 2 aromatic rings. The lowest BCUT2D eigenvalue weighted by Gasteiger charge is -2.13. The number of ether oxygens (including phenoxy) is 1. The Balaban J connectivity index is 1.97. The van der Waals surface area contributed by atoms with Crippen LogP contribution in [0, 0.1) is 0 Å². The van der Waals surface area contributed by atoms with Gasteiger partial charge in [0.1, 0.15) is 18.5 Å². The molecular weight excluding hydrogens is 362 g/mol. The monoisotopic (exact) mass is 383 g/mol. The van der Waals surface area contributed by atoms with Crippen molar-refractivity contribution in [3.8, 4) is 0 Å². The molecule has 0 aliphatic rings. The molecule has 2 aromatic carbocycles. The number of nitrogens with two attached hydrogens (primary N) is 1. The van der Waals surface area contributed by atoms with E-state index in [-0.39, 0.29) is 18.9 Å². The van der Waals surface area contributed by atoms with E-state index in [1.54, 1.807) is 24.3 Å². The van der Waals surface area contributed by atoms with Crippen molar-refractivity contribution >= 4 is 23.8 Å². The summed E-state index contributed by atoms with van der Waals surface area (Å²) < 4.78 is 5.05. The normalized spacial score (nSPS) is 12.1. The maximum atomic E-state index is 11.8. The molecule has 0 aliphatic heterocycles. The summed E-state index contributed by atoms with van der Waals surface area (Å²) in [5, 5.41) is 11.5. The third-order valence-electron chi connectivity index (χ3n) is 3.78. The predicted octanol–water partition coefficient (Wildman–Crippen LogP) is 1.86. The minimum atomic E-state index is -1.12. The van der Waals surface area contributed by atoms with Gasteiger partial charge in [-0.2, -0.15) is 4.99 Å². The number of benzene rings is 2. The fourth-order valence-electron chi connectivity index (χ4n) is 2.41. The predicted molar refractivity (Wildman–Crippen MR) is 103 cm³/mol. The SMILES string of the molecule is CC(=O)N[C@H](Cc1ccc(C(N)=NC(=O)OCc2ccccc2)cc1)C(=O)O. The molecule has 0 bridgehead atoms. The van der Waals surface area contributed by atoms with Crippen LogP contribution in [-0.4, -0.2) is 35.0 Å². The van der Waals surface area contributed by atoms with E-state index >= 15 is 0 Å². The number of aliphatic imine (C=N–C) groups is 1. The van der Waals surface area contributed by atoms with Crippen molar-refractivity contribution in [3.63, 3.8) is 0 Å². The van der Waals surface area contributed by atoms with Crippen molar-refractivity contribution in [2.24, 2.45) is 10.7 Å². The Morgan fingerprint density at radius 2 is 1.71 bits per heavy atom. The van der Waals surface area contributed by atoms with Gasteiger partial charge in [-0.05, 0) is 11.1 Å². The molecule has 0 aliphatic carbocycles. The molecule has 2 amide bonds. The van der Waals surface area contributed by atoms with Gasteiger partial charge in [0.25, 0.3) is 0 Å². The summed E-state index contributed by atoms with van der Waals surface area (Å²) in [6.07, 6.45) is -0.687. The number of aliphatic carboxylic acids is 1. The Morgan fingerprint density at radius 3 is 2.29 bits per heavy atom. The standard InChI is InChI=1S/C20H21N3O5/c1-13(24)22-17(19(25)26)11-14-7-9-16(10-8-14)18(21)23-20(27)28-12-15-5-3-2-4-6-15/h2-10,17H,11-12H2,1H3,(H,22,24)(H,25,26)(H2,21,23,27)/t17-/m1/s1. The highest BCUT2D eigenvalue weighted by molar-refractivity contribution is 6.02. The first kappa shape index (κ1) is 20.6. The molecule has 146 valence electrons. The van der Waals surface area contributed by atoms with E-state index in [2.05, 4.69) is 10.3 Å². The summed E-state index contributed by atoms with van der Waals surface area (Å²) in [6.45, 7) is 1.35. The molecule has 0 heterocycles. The molecule has 0 unspecified atom stereocenters. The third-order valence-corrected chi connectivity index (χ3v) is 3.78. The van der Waals surface area contributed by atoms with Gasteiger partial charge in [-0.3, -0.25) is 4.79 Å². The Kier molecular flexibility index (Phi) is 7.27. The first-order valence-corrected chi connectivity index (χ1v) is 8.49. The fourth-order valence-corrected chi connectivity index (χ4v) is 2.41. The molecular formula is C20H21N3O5. The maximum Gasteiger partial charge on any atom is 0.435 e. The van der Waals surface area contributed by atoms with Crippen molar-refractivity contribution in [2.75, 3.05) is 0 Å². The van der Waals surface area contributed by atoms with Gasteiger partial charge >= 0.3 is 12.1 Å². The molecule has 28 heavy (non-hydrogen) atoms. The first-order valence-electron chi connectivity index (χ1n) is 8.49. The van der Waals surface area contributed by atoms with Crippen molar-refractivity contribution in [1.29, 1.82) is 0 Å². The van der Waals surface area contributed by atoms with Gasteiger partial charge in [0.15, 0.2) is 0 Å². The first-order chi connectivity index (χ1) is 13.3. The second-order valence-corrected chi connectivity index (χ2v) is 6.03. The number of carbonyl (C=O) groups is 3. The molecule has 8 heteroatoms. The van der Waals surface area contributed by atoms with Gasteiger partial charge in [0.05, 0.1) is 0 Å². The van der Waals surface area contributed by atoms with E-state index in [9.17, 15) is 14.4 Å². The molecule has 1 atom stereocenters. The third kappa shape index (κ3) is 6.56. The quantitative estimate of drug-likeness (QED) is 0.494. The van der Waals surface area contributed by atoms with Crippen LogP contribution in [0.5, 0.6) is 0 Å². The topological polar surface area (TPSA) is 131 Å². The van der Waals surface area contributed by atoms with Gasteiger partial charge in [0.2, 0.25) is 5.91 Å². The Bertz CT molecular complexity index is 863. The van der Waals surface area contributed by atoms with Gasteiger partial charge in [-0.1, -0.05) is 54.6 Å². The summed E-state index contributed by atoms with van der Waals surface area (Å²) >= 11 is 0. The van der Waals surface area contributed by atoms with Crippen molar-refractivity contribution in [3.05, 3.63) is 71.3 Å². The van der Waals surface area contributed by atoms with Crippen LogP contribution in [-0.2, 0) is 27.4 Å². The smallest absolute Gasteiger partial charge is 0.435 e. The van der Waals surface area contributed by atoms with Crippen LogP contribution in [0.15, 0.2) is 59.6 Å². The number of amides is 2. The number of hydrogen-bond donors (Lipinski definition) is 3. The van der Waals surface area contributed by atoms with E-state index in [4.69, 9.17) is 15.6 Å². The van der Waals surface area contributed by atoms with Gasteiger partial charge in [-0.15, -0.1) is 0 Å². The van der Waals surface area contributed by atoms with Crippen molar-refractivity contribution in [2.45, 2.75) is 26.0 Å². The summed E-state index contributed by atoms with van der Waals surface area (Å²) in [5.41, 5.74) is 7.84. The highest BCUT2D eigenvalue weighted by Gasteiger charge is 2.18. The number of nitrogens with zero attached hydrogens (tertiary/aromatic N) is 1. The fraction of sp³-hybridized carbons (Fsp3) is 0.200. The second kappa shape index (κ2) is 9.86. The van der Waals surface area contributed by atoms with E-state index in [0.29, 0.717) is 11.1 Å². The molecule has 4 N–H and O–H groups in total. The summed E-state index contributed by atoms with van der Waals surface area (Å²) in [6, 6.07) is 14.7. The average Bonchev–Trinajstić information content (AvgIpc) is 2.66. The van der Waals surface area contributed by atoms with Crippen LogP contribution >= 0.6 is 0 Å². The molecule has 0 spiro atoms. The zero-order valence-electron chi connectivity index (χ0n) is 15.3. The second-order valence-electron chi connectivity index (χ2n) is 6.03. The zero-order valence-corrected chi connectivity index (χ0v) is 15.3. The number of carboxylic acid groups (broad SMARTS) is 1. The van der Waals surface area contributed by atoms with Crippen LogP contribution in [0.1, 0.15) is 23.6 Å².